The Bertz CT molecular complexity index is 396. The zero-order chi connectivity index (χ0) is 20.1. The van der Waals surface area contributed by atoms with Crippen LogP contribution in [0.5, 0.6) is 0 Å². The van der Waals surface area contributed by atoms with Crippen molar-refractivity contribution in [3.05, 3.63) is 60.1 Å². The monoisotopic (exact) mass is 365 g/mol. The Morgan fingerprint density at radius 3 is 2.12 bits per heavy atom. The van der Waals surface area contributed by atoms with E-state index >= 15 is 0 Å². The molecule has 1 unspecified atom stereocenters. The minimum atomic E-state index is 0.128. The molecule has 1 saturated heterocycles. The summed E-state index contributed by atoms with van der Waals surface area (Å²) < 4.78 is 0.128. The quantitative estimate of drug-likeness (QED) is 0.464. The zero-order valence-electron chi connectivity index (χ0n) is 18.1. The average Bonchev–Trinajstić information content (AvgIpc) is 3.14. The maximum absolute atomic E-state index is 4.15. The molecule has 0 amide bonds. The summed E-state index contributed by atoms with van der Waals surface area (Å²) in [5.41, 5.74) is 1.40. The number of rotatable bonds is 7. The molecular formula is C23H43NS. The number of hydrogen-bond acceptors (Lipinski definition) is 2. The third-order valence-corrected chi connectivity index (χ3v) is 4.60. The zero-order valence-corrected chi connectivity index (χ0v) is 18.9. The van der Waals surface area contributed by atoms with Crippen LogP contribution in [0.15, 0.2) is 60.1 Å². The highest BCUT2D eigenvalue weighted by Crippen LogP contribution is 2.43. The van der Waals surface area contributed by atoms with Crippen molar-refractivity contribution >= 4 is 11.8 Å². The predicted octanol–water partition coefficient (Wildman–Crippen LogP) is 7.70. The molecule has 0 bridgehead atoms. The number of thioether (sulfide) groups is 1. The fourth-order valence-electron chi connectivity index (χ4n) is 2.28. The first-order chi connectivity index (χ1) is 12.2. The van der Waals surface area contributed by atoms with Gasteiger partial charge in [-0.1, -0.05) is 92.0 Å². The summed E-state index contributed by atoms with van der Waals surface area (Å²) in [6.07, 6.45) is 14.7. The predicted molar refractivity (Wildman–Crippen MR) is 124 cm³/mol. The Balaban J connectivity index is -0.000000725. The maximum Gasteiger partial charge on any atom is 0.0588 e. The second kappa shape index (κ2) is 21.1. The van der Waals surface area contributed by atoms with E-state index in [9.17, 15) is 0 Å². The van der Waals surface area contributed by atoms with Crippen LogP contribution in [-0.4, -0.2) is 17.8 Å². The van der Waals surface area contributed by atoms with Gasteiger partial charge in [0.15, 0.2) is 0 Å². The molecule has 1 atom stereocenters. The Hall–Kier alpha value is -0.990. The van der Waals surface area contributed by atoms with E-state index < -0.39 is 0 Å². The minimum absolute atomic E-state index is 0.128. The van der Waals surface area contributed by atoms with Crippen LogP contribution in [0.1, 0.15) is 68.2 Å². The largest absolute Gasteiger partial charge is 0.315 e. The highest BCUT2D eigenvalue weighted by atomic mass is 32.2. The molecule has 0 aromatic rings. The summed E-state index contributed by atoms with van der Waals surface area (Å²) in [5, 5.41) is 3.48. The molecule has 0 radical (unpaired) electrons. The molecule has 1 rings (SSSR count). The van der Waals surface area contributed by atoms with Crippen molar-refractivity contribution in [1.82, 2.24) is 5.32 Å². The van der Waals surface area contributed by atoms with E-state index in [1.54, 1.807) is 6.08 Å². The first-order valence-corrected chi connectivity index (χ1v) is 10.7. The van der Waals surface area contributed by atoms with Gasteiger partial charge in [-0.25, -0.2) is 0 Å². The molecular weight excluding hydrogens is 322 g/mol. The van der Waals surface area contributed by atoms with Gasteiger partial charge in [0.1, 0.15) is 0 Å². The van der Waals surface area contributed by atoms with Gasteiger partial charge in [0.2, 0.25) is 0 Å². The van der Waals surface area contributed by atoms with Crippen molar-refractivity contribution in [3.63, 3.8) is 0 Å². The Kier molecular flexibility index (Phi) is 24.3. The van der Waals surface area contributed by atoms with Crippen molar-refractivity contribution in [3.8, 4) is 0 Å². The lowest BCUT2D eigenvalue weighted by Gasteiger charge is -2.29. The molecule has 1 heterocycles. The smallest absolute Gasteiger partial charge is 0.0588 e. The lowest BCUT2D eigenvalue weighted by Crippen LogP contribution is -2.29. The van der Waals surface area contributed by atoms with Gasteiger partial charge in [-0.15, -0.1) is 11.8 Å². The van der Waals surface area contributed by atoms with Crippen LogP contribution >= 0.6 is 11.8 Å². The number of hydrogen-bond donors (Lipinski definition) is 1. The Labute approximate surface area is 163 Å². The topological polar surface area (TPSA) is 12.0 Å². The second-order valence-electron chi connectivity index (χ2n) is 4.64. The fraction of sp³-hybridized carbons (Fsp3) is 0.565. The van der Waals surface area contributed by atoms with E-state index in [2.05, 4.69) is 50.6 Å². The molecule has 0 saturated carbocycles. The van der Waals surface area contributed by atoms with Crippen molar-refractivity contribution in [2.75, 3.05) is 13.1 Å². The Morgan fingerprint density at radius 1 is 1.12 bits per heavy atom. The first-order valence-electron chi connectivity index (χ1n) is 9.89. The first kappa shape index (κ1) is 28.8. The van der Waals surface area contributed by atoms with Gasteiger partial charge >= 0.3 is 0 Å². The van der Waals surface area contributed by atoms with Crippen LogP contribution in [0.2, 0.25) is 0 Å². The van der Waals surface area contributed by atoms with Crippen LogP contribution in [0, 0.1) is 0 Å². The highest BCUT2D eigenvalue weighted by Gasteiger charge is 2.37. The lowest BCUT2D eigenvalue weighted by atomic mass is 9.96. The van der Waals surface area contributed by atoms with Gasteiger partial charge in [0.05, 0.1) is 4.75 Å². The number of allylic oxidation sites excluding steroid dienone is 6. The maximum atomic E-state index is 4.15. The Morgan fingerprint density at radius 2 is 1.72 bits per heavy atom. The third kappa shape index (κ3) is 12.1. The molecule has 1 N–H and O–H groups in total. The molecule has 1 nitrogen and oxygen atoms in total. The SMILES string of the molecule is C=C/C=C\C(=C)SC1(C(/C=C\CC)=C/C)CCNC1.CC.CC.CC. The molecule has 1 fully saturated rings. The number of nitrogens with one attached hydrogen (secondary N) is 1. The molecule has 25 heavy (non-hydrogen) atoms. The summed E-state index contributed by atoms with van der Waals surface area (Å²) in [4.78, 5) is 1.09. The molecule has 0 aromatic carbocycles. The molecule has 0 spiro atoms. The molecule has 1 aliphatic rings. The fourth-order valence-corrected chi connectivity index (χ4v) is 3.61. The molecule has 0 aliphatic carbocycles. The standard InChI is InChI=1S/C17H25NS.3C2H6/c1-5-8-10-15(4)19-17(12-13-18-14-17)16(7-3)11-9-6-2;3*1-2/h5,7-11,18H,1,4,6,12-14H2,2-3H3;3*1-2H3/b10-8-,11-9-,16-7+;;;. The third-order valence-electron chi connectivity index (χ3n) is 3.23. The van der Waals surface area contributed by atoms with Crippen molar-refractivity contribution in [2.24, 2.45) is 0 Å². The van der Waals surface area contributed by atoms with E-state index in [-0.39, 0.29) is 4.75 Å². The van der Waals surface area contributed by atoms with E-state index in [4.69, 9.17) is 0 Å². The van der Waals surface area contributed by atoms with Gasteiger partial charge in [-0.05, 0) is 38.0 Å². The van der Waals surface area contributed by atoms with Gasteiger partial charge in [-0.2, -0.15) is 0 Å². The average molecular weight is 366 g/mol. The summed E-state index contributed by atoms with van der Waals surface area (Å²) >= 11 is 1.87. The summed E-state index contributed by atoms with van der Waals surface area (Å²) in [6, 6.07) is 0. The minimum Gasteiger partial charge on any atom is -0.315 e. The lowest BCUT2D eigenvalue weighted by molar-refractivity contribution is 0.757. The molecule has 0 aromatic heterocycles. The summed E-state index contributed by atoms with van der Waals surface area (Å²) in [6.45, 7) is 26.2. The molecule has 2 heteroatoms. The van der Waals surface area contributed by atoms with E-state index in [0.717, 1.165) is 30.8 Å². The van der Waals surface area contributed by atoms with Crippen molar-refractivity contribution in [2.45, 2.75) is 73.0 Å². The van der Waals surface area contributed by atoms with Gasteiger partial charge < -0.3 is 5.32 Å². The van der Waals surface area contributed by atoms with Gasteiger partial charge in [0.25, 0.3) is 0 Å². The molecule has 146 valence electrons. The van der Waals surface area contributed by atoms with Crippen LogP contribution < -0.4 is 5.32 Å². The summed E-state index contributed by atoms with van der Waals surface area (Å²) in [7, 11) is 0. The van der Waals surface area contributed by atoms with Crippen LogP contribution in [0.4, 0.5) is 0 Å². The van der Waals surface area contributed by atoms with Gasteiger partial charge in [-0.3, -0.25) is 0 Å². The normalized spacial score (nSPS) is 19.3. The van der Waals surface area contributed by atoms with E-state index in [1.807, 2.05) is 65.5 Å². The van der Waals surface area contributed by atoms with E-state index in [0.29, 0.717) is 0 Å². The molecule has 1 aliphatic heterocycles. The van der Waals surface area contributed by atoms with Crippen LogP contribution in [0.3, 0.4) is 0 Å². The summed E-state index contributed by atoms with van der Waals surface area (Å²) in [5.74, 6) is 0. The second-order valence-corrected chi connectivity index (χ2v) is 6.15. The van der Waals surface area contributed by atoms with E-state index in [1.165, 1.54) is 5.57 Å². The van der Waals surface area contributed by atoms with Crippen molar-refractivity contribution in [1.29, 1.82) is 0 Å². The van der Waals surface area contributed by atoms with Crippen LogP contribution in [0.25, 0.3) is 0 Å². The van der Waals surface area contributed by atoms with Gasteiger partial charge in [0, 0.05) is 11.4 Å². The van der Waals surface area contributed by atoms with Crippen LogP contribution in [-0.2, 0) is 0 Å². The highest BCUT2D eigenvalue weighted by molar-refractivity contribution is 8.04. The van der Waals surface area contributed by atoms with Crippen molar-refractivity contribution < 1.29 is 0 Å².